The molecule has 0 aromatic carbocycles. The Labute approximate surface area is 118 Å². The van der Waals surface area contributed by atoms with Gasteiger partial charge in [-0.05, 0) is 43.7 Å². The van der Waals surface area contributed by atoms with Crippen LogP contribution >= 0.6 is 11.8 Å². The van der Waals surface area contributed by atoms with Crippen molar-refractivity contribution in [3.05, 3.63) is 0 Å². The van der Waals surface area contributed by atoms with E-state index in [-0.39, 0.29) is 0 Å². The van der Waals surface area contributed by atoms with E-state index in [0.717, 1.165) is 12.0 Å². The third kappa shape index (κ3) is 5.50. The number of rotatable bonds is 8. The quantitative estimate of drug-likeness (QED) is 0.683. The van der Waals surface area contributed by atoms with Crippen LogP contribution in [0.1, 0.15) is 46.5 Å². The maximum atomic E-state index is 3.72. The zero-order chi connectivity index (χ0) is 13.4. The zero-order valence-corrected chi connectivity index (χ0v) is 13.6. The standard InChI is InChI=1S/C15H32N2S/c1-5-14-11-16-15(13(2)3)12-17(14)9-7-6-8-10-18-4/h13-16H,5-12H2,1-4H3. The number of hydrogen-bond acceptors (Lipinski definition) is 3. The molecule has 3 heteroatoms. The summed E-state index contributed by atoms with van der Waals surface area (Å²) < 4.78 is 0. The SMILES string of the molecule is CCC1CNC(C(C)C)CN1CCCCCSC. The molecule has 1 fully saturated rings. The Kier molecular flexibility index (Phi) is 8.36. The van der Waals surface area contributed by atoms with E-state index < -0.39 is 0 Å². The Morgan fingerprint density at radius 2 is 2.06 bits per heavy atom. The van der Waals surface area contributed by atoms with Crippen LogP contribution in [0.3, 0.4) is 0 Å². The second-order valence-electron chi connectivity index (χ2n) is 5.87. The van der Waals surface area contributed by atoms with E-state index in [0.29, 0.717) is 6.04 Å². The first-order valence-corrected chi connectivity index (χ1v) is 9.04. The Morgan fingerprint density at radius 1 is 1.28 bits per heavy atom. The van der Waals surface area contributed by atoms with Crippen LogP contribution in [-0.2, 0) is 0 Å². The van der Waals surface area contributed by atoms with Crippen molar-refractivity contribution in [1.29, 1.82) is 0 Å². The molecule has 1 N–H and O–H groups in total. The molecule has 108 valence electrons. The van der Waals surface area contributed by atoms with Crippen molar-refractivity contribution in [2.45, 2.75) is 58.5 Å². The number of piperazine rings is 1. The highest BCUT2D eigenvalue weighted by Crippen LogP contribution is 2.16. The summed E-state index contributed by atoms with van der Waals surface area (Å²) in [5, 5.41) is 3.72. The summed E-state index contributed by atoms with van der Waals surface area (Å²) in [6.45, 7) is 10.7. The minimum atomic E-state index is 0.694. The van der Waals surface area contributed by atoms with E-state index in [4.69, 9.17) is 0 Å². The second-order valence-corrected chi connectivity index (χ2v) is 6.85. The van der Waals surface area contributed by atoms with Crippen molar-refractivity contribution in [3.8, 4) is 0 Å². The van der Waals surface area contributed by atoms with Crippen molar-refractivity contribution in [2.75, 3.05) is 31.6 Å². The van der Waals surface area contributed by atoms with Crippen molar-refractivity contribution < 1.29 is 0 Å². The first-order chi connectivity index (χ1) is 8.69. The molecular formula is C15H32N2S. The topological polar surface area (TPSA) is 15.3 Å². The summed E-state index contributed by atoms with van der Waals surface area (Å²) in [6.07, 6.45) is 7.65. The molecule has 1 saturated heterocycles. The highest BCUT2D eigenvalue weighted by Gasteiger charge is 2.27. The molecule has 0 aromatic rings. The van der Waals surface area contributed by atoms with Gasteiger partial charge in [0.15, 0.2) is 0 Å². The first kappa shape index (κ1) is 16.3. The number of nitrogens with one attached hydrogen (secondary N) is 1. The number of thioether (sulfide) groups is 1. The summed E-state index contributed by atoms with van der Waals surface area (Å²) in [4.78, 5) is 2.74. The molecule has 1 aliphatic rings. The van der Waals surface area contributed by atoms with Gasteiger partial charge in [0.1, 0.15) is 0 Å². The van der Waals surface area contributed by atoms with Gasteiger partial charge in [0.2, 0.25) is 0 Å². The molecule has 0 amide bonds. The normalized spacial score (nSPS) is 25.8. The lowest BCUT2D eigenvalue weighted by Crippen LogP contribution is -2.57. The molecule has 2 nitrogen and oxygen atoms in total. The van der Waals surface area contributed by atoms with Gasteiger partial charge in [-0.25, -0.2) is 0 Å². The van der Waals surface area contributed by atoms with Gasteiger partial charge in [-0.2, -0.15) is 11.8 Å². The first-order valence-electron chi connectivity index (χ1n) is 7.65. The molecule has 1 aliphatic heterocycles. The Hall–Kier alpha value is 0.270. The summed E-state index contributed by atoms with van der Waals surface area (Å²) in [6, 6.07) is 1.46. The van der Waals surface area contributed by atoms with Gasteiger partial charge in [-0.15, -0.1) is 0 Å². The van der Waals surface area contributed by atoms with E-state index in [1.165, 1.54) is 51.1 Å². The predicted molar refractivity (Wildman–Crippen MR) is 84.5 cm³/mol. The van der Waals surface area contributed by atoms with Crippen LogP contribution in [0.2, 0.25) is 0 Å². The maximum absolute atomic E-state index is 3.72. The molecule has 0 aromatic heterocycles. The maximum Gasteiger partial charge on any atom is 0.0218 e. The zero-order valence-electron chi connectivity index (χ0n) is 12.7. The summed E-state index contributed by atoms with van der Waals surface area (Å²) in [5.74, 6) is 2.08. The molecule has 0 spiro atoms. The lowest BCUT2D eigenvalue weighted by Gasteiger charge is -2.41. The van der Waals surface area contributed by atoms with Crippen LogP contribution in [0.5, 0.6) is 0 Å². The third-order valence-corrected chi connectivity index (χ3v) is 4.83. The molecule has 0 bridgehead atoms. The largest absolute Gasteiger partial charge is 0.311 e. The highest BCUT2D eigenvalue weighted by molar-refractivity contribution is 7.98. The monoisotopic (exact) mass is 272 g/mol. The van der Waals surface area contributed by atoms with Gasteiger partial charge in [0, 0.05) is 25.2 Å². The Balaban J connectivity index is 2.29. The second kappa shape index (κ2) is 9.22. The molecule has 0 saturated carbocycles. The summed E-state index contributed by atoms with van der Waals surface area (Å²) in [7, 11) is 0. The van der Waals surface area contributed by atoms with E-state index in [2.05, 4.69) is 37.2 Å². The van der Waals surface area contributed by atoms with Crippen LogP contribution in [0.15, 0.2) is 0 Å². The molecule has 0 radical (unpaired) electrons. The lowest BCUT2D eigenvalue weighted by molar-refractivity contribution is 0.108. The third-order valence-electron chi connectivity index (χ3n) is 4.13. The molecule has 18 heavy (non-hydrogen) atoms. The van der Waals surface area contributed by atoms with Gasteiger partial charge in [-0.3, -0.25) is 4.90 Å². The molecular weight excluding hydrogens is 240 g/mol. The minimum absolute atomic E-state index is 0.694. The van der Waals surface area contributed by atoms with Crippen molar-refractivity contribution in [1.82, 2.24) is 10.2 Å². The molecule has 1 heterocycles. The number of unbranched alkanes of at least 4 members (excludes halogenated alkanes) is 2. The fraction of sp³-hybridized carbons (Fsp3) is 1.00. The van der Waals surface area contributed by atoms with Crippen molar-refractivity contribution in [2.24, 2.45) is 5.92 Å². The fourth-order valence-electron chi connectivity index (χ4n) is 2.74. The van der Waals surface area contributed by atoms with Crippen LogP contribution < -0.4 is 5.32 Å². The smallest absolute Gasteiger partial charge is 0.0218 e. The van der Waals surface area contributed by atoms with Crippen LogP contribution in [0.4, 0.5) is 0 Å². The van der Waals surface area contributed by atoms with Gasteiger partial charge in [0.25, 0.3) is 0 Å². The van der Waals surface area contributed by atoms with Gasteiger partial charge < -0.3 is 5.32 Å². The summed E-state index contributed by atoms with van der Waals surface area (Å²) in [5.41, 5.74) is 0. The van der Waals surface area contributed by atoms with E-state index in [1.807, 2.05) is 11.8 Å². The van der Waals surface area contributed by atoms with Gasteiger partial charge >= 0.3 is 0 Å². The number of hydrogen-bond donors (Lipinski definition) is 1. The molecule has 1 rings (SSSR count). The predicted octanol–water partition coefficient (Wildman–Crippen LogP) is 3.23. The lowest BCUT2D eigenvalue weighted by atomic mass is 9.98. The van der Waals surface area contributed by atoms with E-state index >= 15 is 0 Å². The molecule has 2 atom stereocenters. The summed E-state index contributed by atoms with van der Waals surface area (Å²) >= 11 is 1.97. The van der Waals surface area contributed by atoms with Crippen molar-refractivity contribution in [3.63, 3.8) is 0 Å². The highest BCUT2D eigenvalue weighted by atomic mass is 32.2. The Bertz CT molecular complexity index is 209. The molecule has 0 aliphatic carbocycles. The van der Waals surface area contributed by atoms with Crippen LogP contribution in [-0.4, -0.2) is 48.6 Å². The van der Waals surface area contributed by atoms with Crippen LogP contribution in [0.25, 0.3) is 0 Å². The number of nitrogens with zero attached hydrogens (tertiary/aromatic N) is 1. The van der Waals surface area contributed by atoms with Gasteiger partial charge in [0.05, 0.1) is 0 Å². The van der Waals surface area contributed by atoms with Gasteiger partial charge in [-0.1, -0.05) is 27.2 Å². The molecule has 2 unspecified atom stereocenters. The van der Waals surface area contributed by atoms with Crippen molar-refractivity contribution >= 4 is 11.8 Å². The fourth-order valence-corrected chi connectivity index (χ4v) is 3.24. The average molecular weight is 273 g/mol. The Morgan fingerprint density at radius 3 is 2.67 bits per heavy atom. The minimum Gasteiger partial charge on any atom is -0.311 e. The average Bonchev–Trinajstić information content (AvgIpc) is 2.38. The van der Waals surface area contributed by atoms with E-state index in [9.17, 15) is 0 Å². The van der Waals surface area contributed by atoms with E-state index in [1.54, 1.807) is 0 Å². The van der Waals surface area contributed by atoms with Crippen LogP contribution in [0, 0.1) is 5.92 Å².